The maximum Gasteiger partial charge on any atom is 0.426 e. The van der Waals surface area contributed by atoms with Gasteiger partial charge < -0.3 is 4.74 Å². The molecule has 5 nitrogen and oxygen atoms in total. The van der Waals surface area contributed by atoms with Gasteiger partial charge in [-0.15, -0.1) is 0 Å². The van der Waals surface area contributed by atoms with Crippen molar-refractivity contribution in [3.8, 4) is 6.07 Å². The summed E-state index contributed by atoms with van der Waals surface area (Å²) < 4.78 is 6.42. The van der Waals surface area contributed by atoms with Crippen LogP contribution in [0.3, 0.4) is 0 Å². The van der Waals surface area contributed by atoms with Gasteiger partial charge in [-0.2, -0.15) is 5.26 Å². The molecule has 1 aromatic rings. The smallest absolute Gasteiger partial charge is 0.426 e. The van der Waals surface area contributed by atoms with E-state index in [4.69, 9.17) is 10.00 Å². The first-order valence-corrected chi connectivity index (χ1v) is 4.91. The van der Waals surface area contributed by atoms with Crippen molar-refractivity contribution in [2.45, 2.75) is 33.3 Å². The molecule has 0 aliphatic heterocycles. The van der Waals surface area contributed by atoms with E-state index in [1.165, 1.54) is 4.68 Å². The van der Waals surface area contributed by atoms with Crippen LogP contribution in [-0.2, 0) is 4.74 Å². The summed E-state index contributed by atoms with van der Waals surface area (Å²) in [5.74, 6) is 0. The molecule has 0 unspecified atom stereocenters. The second-order valence-corrected chi connectivity index (χ2v) is 4.50. The molecule has 0 radical (unpaired) electrons. The molecule has 16 heavy (non-hydrogen) atoms. The van der Waals surface area contributed by atoms with E-state index in [-0.39, 0.29) is 0 Å². The molecule has 5 heteroatoms. The average molecular weight is 221 g/mol. The van der Waals surface area contributed by atoms with Gasteiger partial charge in [0.15, 0.2) is 0 Å². The van der Waals surface area contributed by atoms with Crippen LogP contribution in [0.1, 0.15) is 32.0 Å². The van der Waals surface area contributed by atoms with Gasteiger partial charge in [0.05, 0.1) is 0 Å². The molecule has 0 bridgehead atoms. The molecule has 86 valence electrons. The highest BCUT2D eigenvalue weighted by atomic mass is 16.6. The Bertz CT molecular complexity index is 435. The molecule has 0 aliphatic carbocycles. The third kappa shape index (κ3) is 3.31. The van der Waals surface area contributed by atoms with Crippen molar-refractivity contribution in [1.82, 2.24) is 4.68 Å². The Hall–Kier alpha value is -1.96. The number of aryl methyl sites for hydroxylation is 1. The molecule has 1 amide bonds. The maximum absolute atomic E-state index is 11.4. The van der Waals surface area contributed by atoms with Crippen LogP contribution in [0.4, 0.5) is 4.79 Å². The van der Waals surface area contributed by atoms with Crippen molar-refractivity contribution in [2.75, 3.05) is 5.43 Å². The van der Waals surface area contributed by atoms with Crippen molar-refractivity contribution >= 4 is 6.09 Å². The van der Waals surface area contributed by atoms with E-state index < -0.39 is 11.7 Å². The van der Waals surface area contributed by atoms with E-state index in [9.17, 15) is 4.79 Å². The van der Waals surface area contributed by atoms with E-state index in [0.717, 1.165) is 5.56 Å². The zero-order valence-corrected chi connectivity index (χ0v) is 9.87. The fraction of sp³-hybridized carbons (Fsp3) is 0.455. The van der Waals surface area contributed by atoms with Crippen LogP contribution in [-0.4, -0.2) is 16.4 Å². The van der Waals surface area contributed by atoms with Crippen LogP contribution >= 0.6 is 0 Å². The van der Waals surface area contributed by atoms with E-state index in [1.807, 2.05) is 13.0 Å². The first-order chi connectivity index (χ1) is 7.31. The molecule has 0 saturated heterocycles. The summed E-state index contributed by atoms with van der Waals surface area (Å²) in [5.41, 5.74) is 3.18. The van der Waals surface area contributed by atoms with E-state index in [0.29, 0.717) is 5.69 Å². The molecule has 0 atom stereocenters. The molecule has 0 fully saturated rings. The van der Waals surface area contributed by atoms with Crippen LogP contribution in [0.25, 0.3) is 0 Å². The maximum atomic E-state index is 11.4. The van der Waals surface area contributed by atoms with Crippen molar-refractivity contribution < 1.29 is 9.53 Å². The van der Waals surface area contributed by atoms with Gasteiger partial charge in [0.1, 0.15) is 17.4 Å². The lowest BCUT2D eigenvalue weighted by molar-refractivity contribution is 0.0613. The molecule has 0 spiro atoms. The minimum atomic E-state index is -0.584. The van der Waals surface area contributed by atoms with Crippen molar-refractivity contribution in [3.05, 3.63) is 23.5 Å². The molecular weight excluding hydrogens is 206 g/mol. The Morgan fingerprint density at radius 2 is 2.19 bits per heavy atom. The molecule has 1 N–H and O–H groups in total. The molecule has 1 heterocycles. The Balaban J connectivity index is 2.74. The topological polar surface area (TPSA) is 67.0 Å². The summed E-state index contributed by atoms with van der Waals surface area (Å²) in [6.45, 7) is 7.17. The van der Waals surface area contributed by atoms with Gasteiger partial charge in [-0.1, -0.05) is 0 Å². The molecule has 0 aliphatic rings. The molecule has 0 saturated carbocycles. The molecule has 0 aromatic carbocycles. The van der Waals surface area contributed by atoms with Gasteiger partial charge in [-0.05, 0) is 39.3 Å². The highest BCUT2D eigenvalue weighted by Crippen LogP contribution is 2.08. The van der Waals surface area contributed by atoms with E-state index in [1.54, 1.807) is 33.0 Å². The fourth-order valence-corrected chi connectivity index (χ4v) is 1.17. The number of nitriles is 1. The number of carbonyl (C=O) groups is 1. The van der Waals surface area contributed by atoms with Gasteiger partial charge in [0.2, 0.25) is 0 Å². The normalized spacial score (nSPS) is 10.7. The summed E-state index contributed by atoms with van der Waals surface area (Å²) in [5, 5.41) is 8.81. The lowest BCUT2D eigenvalue weighted by Gasteiger charge is -2.20. The zero-order chi connectivity index (χ0) is 12.3. The van der Waals surface area contributed by atoms with Gasteiger partial charge in [-0.3, -0.25) is 0 Å². The van der Waals surface area contributed by atoms with E-state index in [2.05, 4.69) is 5.43 Å². The van der Waals surface area contributed by atoms with Crippen LogP contribution in [0.2, 0.25) is 0 Å². The largest absolute Gasteiger partial charge is 0.443 e. The Morgan fingerprint density at radius 3 is 2.69 bits per heavy atom. The highest BCUT2D eigenvalue weighted by molar-refractivity contribution is 5.76. The number of ether oxygens (including phenoxy) is 1. The Morgan fingerprint density at radius 1 is 1.56 bits per heavy atom. The van der Waals surface area contributed by atoms with Crippen LogP contribution in [0.15, 0.2) is 12.3 Å². The second kappa shape index (κ2) is 4.27. The first kappa shape index (κ1) is 12.1. The van der Waals surface area contributed by atoms with Gasteiger partial charge in [0.25, 0.3) is 0 Å². The molecule has 1 rings (SSSR count). The summed E-state index contributed by atoms with van der Waals surface area (Å²) in [6, 6.07) is 3.66. The summed E-state index contributed by atoms with van der Waals surface area (Å²) in [7, 11) is 0. The number of hydrogen-bond donors (Lipinski definition) is 1. The van der Waals surface area contributed by atoms with Gasteiger partial charge in [-0.25, -0.2) is 14.9 Å². The predicted octanol–water partition coefficient (Wildman–Crippen LogP) is 2.15. The quantitative estimate of drug-likeness (QED) is 0.790. The number of amides is 1. The molecule has 1 aromatic heterocycles. The number of nitrogens with zero attached hydrogens (tertiary/aromatic N) is 2. The monoisotopic (exact) mass is 221 g/mol. The van der Waals surface area contributed by atoms with E-state index >= 15 is 0 Å². The minimum absolute atomic E-state index is 0.364. The van der Waals surface area contributed by atoms with Crippen molar-refractivity contribution in [1.29, 1.82) is 5.26 Å². The van der Waals surface area contributed by atoms with Gasteiger partial charge >= 0.3 is 6.09 Å². The summed E-state index contributed by atoms with van der Waals surface area (Å²) >= 11 is 0. The average Bonchev–Trinajstić information content (AvgIpc) is 2.42. The highest BCUT2D eigenvalue weighted by Gasteiger charge is 2.17. The van der Waals surface area contributed by atoms with Crippen molar-refractivity contribution in [3.63, 3.8) is 0 Å². The SMILES string of the molecule is Cc1cc(C#N)n(NC(=O)OC(C)(C)C)c1. The third-order valence-corrected chi connectivity index (χ3v) is 1.68. The lowest BCUT2D eigenvalue weighted by atomic mass is 10.2. The second-order valence-electron chi connectivity index (χ2n) is 4.50. The number of aromatic nitrogens is 1. The third-order valence-electron chi connectivity index (χ3n) is 1.68. The van der Waals surface area contributed by atoms with Crippen molar-refractivity contribution in [2.24, 2.45) is 0 Å². The number of nitrogens with one attached hydrogen (secondary N) is 1. The predicted molar refractivity (Wildman–Crippen MR) is 59.5 cm³/mol. The summed E-state index contributed by atoms with van der Waals surface area (Å²) in [4.78, 5) is 11.4. The Kier molecular flexibility index (Phi) is 3.23. The van der Waals surface area contributed by atoms with Crippen LogP contribution in [0, 0.1) is 18.3 Å². The summed E-state index contributed by atoms with van der Waals surface area (Å²) in [6.07, 6.45) is 1.07. The van der Waals surface area contributed by atoms with Crippen LogP contribution in [0.5, 0.6) is 0 Å². The minimum Gasteiger partial charge on any atom is -0.443 e. The standard InChI is InChI=1S/C11H15N3O2/c1-8-5-9(6-12)14(7-8)13-10(15)16-11(2,3)4/h5,7H,1-4H3,(H,13,15). The lowest BCUT2D eigenvalue weighted by Crippen LogP contribution is -2.31. The number of hydrogen-bond acceptors (Lipinski definition) is 3. The fourth-order valence-electron chi connectivity index (χ4n) is 1.17. The first-order valence-electron chi connectivity index (χ1n) is 4.91. The Labute approximate surface area is 94.6 Å². The van der Waals surface area contributed by atoms with Gasteiger partial charge in [0, 0.05) is 6.20 Å². The zero-order valence-electron chi connectivity index (χ0n) is 9.87. The number of rotatable bonds is 1. The number of carbonyl (C=O) groups excluding carboxylic acids is 1. The van der Waals surface area contributed by atoms with Crippen LogP contribution < -0.4 is 5.43 Å². The molecular formula is C11H15N3O2.